The van der Waals surface area contributed by atoms with E-state index in [4.69, 9.17) is 9.15 Å². The summed E-state index contributed by atoms with van der Waals surface area (Å²) in [5.74, 6) is 0.0455. The molecular formula is C13H14BrN3O3. The van der Waals surface area contributed by atoms with Gasteiger partial charge in [0.2, 0.25) is 5.88 Å². The lowest BCUT2D eigenvalue weighted by Crippen LogP contribution is -2.17. The third-order valence-electron chi connectivity index (χ3n) is 2.67. The Morgan fingerprint density at radius 3 is 2.75 bits per heavy atom. The summed E-state index contributed by atoms with van der Waals surface area (Å²) in [6.45, 7) is 0. The molecule has 106 valence electrons. The third-order valence-corrected chi connectivity index (χ3v) is 3.28. The fourth-order valence-corrected chi connectivity index (χ4v) is 2.13. The maximum atomic E-state index is 12.2. The van der Waals surface area contributed by atoms with E-state index >= 15 is 0 Å². The average Bonchev–Trinajstić information content (AvgIpc) is 2.85. The summed E-state index contributed by atoms with van der Waals surface area (Å²) in [5, 5.41) is 2.80. The van der Waals surface area contributed by atoms with Crippen LogP contribution in [0.4, 0.5) is 11.4 Å². The van der Waals surface area contributed by atoms with Crippen LogP contribution in [0.2, 0.25) is 0 Å². The Balaban J connectivity index is 2.37. The van der Waals surface area contributed by atoms with Crippen LogP contribution in [0.25, 0.3) is 0 Å². The first kappa shape index (κ1) is 14.4. The number of carbonyl (C=O) groups excluding carboxylic acids is 1. The van der Waals surface area contributed by atoms with Gasteiger partial charge in [0.15, 0.2) is 4.67 Å². The first-order valence-electron chi connectivity index (χ1n) is 5.79. The summed E-state index contributed by atoms with van der Waals surface area (Å²) in [5.41, 5.74) is 1.71. The monoisotopic (exact) mass is 339 g/mol. The van der Waals surface area contributed by atoms with Gasteiger partial charge in [0.05, 0.1) is 24.6 Å². The van der Waals surface area contributed by atoms with Gasteiger partial charge in [-0.1, -0.05) is 0 Å². The summed E-state index contributed by atoms with van der Waals surface area (Å²) in [6, 6.07) is 3.38. The van der Waals surface area contributed by atoms with E-state index in [1.807, 2.05) is 19.0 Å². The van der Waals surface area contributed by atoms with Crippen LogP contribution in [0.3, 0.4) is 0 Å². The van der Waals surface area contributed by atoms with E-state index in [2.05, 4.69) is 26.2 Å². The number of methoxy groups -OCH3 is 1. The Hall–Kier alpha value is -2.02. The number of hydrogen-bond donors (Lipinski definition) is 1. The van der Waals surface area contributed by atoms with Crippen molar-refractivity contribution < 1.29 is 13.9 Å². The zero-order valence-electron chi connectivity index (χ0n) is 11.3. The molecule has 0 aromatic carbocycles. The lowest BCUT2D eigenvalue weighted by atomic mass is 10.2. The molecule has 2 heterocycles. The molecule has 20 heavy (non-hydrogen) atoms. The van der Waals surface area contributed by atoms with Crippen molar-refractivity contribution in [3.63, 3.8) is 0 Å². The molecule has 0 unspecified atom stereocenters. The zero-order chi connectivity index (χ0) is 14.7. The summed E-state index contributed by atoms with van der Waals surface area (Å²) in [4.78, 5) is 18.2. The maximum absolute atomic E-state index is 12.2. The second-order valence-corrected chi connectivity index (χ2v) is 4.89. The Kier molecular flexibility index (Phi) is 4.29. The molecule has 2 aromatic rings. The molecule has 0 spiro atoms. The van der Waals surface area contributed by atoms with Crippen molar-refractivity contribution in [3.8, 4) is 5.88 Å². The van der Waals surface area contributed by atoms with Crippen LogP contribution in [0.1, 0.15) is 10.4 Å². The average molecular weight is 340 g/mol. The van der Waals surface area contributed by atoms with Gasteiger partial charge < -0.3 is 19.4 Å². The normalized spacial score (nSPS) is 10.2. The third kappa shape index (κ3) is 2.77. The Morgan fingerprint density at radius 2 is 2.20 bits per heavy atom. The number of nitrogens with zero attached hydrogens (tertiary/aromatic N) is 2. The number of hydrogen-bond acceptors (Lipinski definition) is 5. The van der Waals surface area contributed by atoms with E-state index in [9.17, 15) is 4.79 Å². The second-order valence-electron chi connectivity index (χ2n) is 4.17. The predicted molar refractivity (Wildman–Crippen MR) is 79.5 cm³/mol. The van der Waals surface area contributed by atoms with E-state index in [0.717, 1.165) is 5.69 Å². The van der Waals surface area contributed by atoms with Crippen molar-refractivity contribution in [2.24, 2.45) is 0 Å². The molecular weight excluding hydrogens is 326 g/mol. The second kappa shape index (κ2) is 5.96. The SMILES string of the molecule is COc1nccc(N(C)C)c1NC(=O)c1ccoc1Br. The number of nitrogens with one attached hydrogen (secondary N) is 1. The Labute approximate surface area is 124 Å². The summed E-state index contributed by atoms with van der Waals surface area (Å²) in [7, 11) is 5.25. The van der Waals surface area contributed by atoms with Crippen molar-refractivity contribution in [2.45, 2.75) is 0 Å². The molecule has 6 nitrogen and oxygen atoms in total. The van der Waals surface area contributed by atoms with Gasteiger partial charge in [0.1, 0.15) is 5.69 Å². The van der Waals surface area contributed by atoms with Crippen molar-refractivity contribution in [2.75, 3.05) is 31.4 Å². The molecule has 2 aromatic heterocycles. The molecule has 1 N–H and O–H groups in total. The molecule has 7 heteroatoms. The number of aromatic nitrogens is 1. The lowest BCUT2D eigenvalue weighted by molar-refractivity contribution is 0.102. The van der Waals surface area contributed by atoms with Crippen LogP contribution < -0.4 is 15.0 Å². The fourth-order valence-electron chi connectivity index (χ4n) is 1.71. The molecule has 0 aliphatic carbocycles. The summed E-state index contributed by atoms with van der Waals surface area (Å²) in [6.07, 6.45) is 3.06. The van der Waals surface area contributed by atoms with Gasteiger partial charge in [-0.25, -0.2) is 4.98 Å². The molecule has 2 rings (SSSR count). The van der Waals surface area contributed by atoms with E-state index in [1.54, 1.807) is 18.3 Å². The standard InChI is InChI=1S/C13H14BrN3O3/c1-17(2)9-4-6-15-13(19-3)10(9)16-12(18)8-5-7-20-11(8)14/h4-7H,1-3H3,(H,16,18). The van der Waals surface area contributed by atoms with Gasteiger partial charge in [-0.05, 0) is 28.1 Å². The minimum atomic E-state index is -0.306. The fraction of sp³-hybridized carbons (Fsp3) is 0.231. The predicted octanol–water partition coefficient (Wildman–Crippen LogP) is 2.76. The van der Waals surface area contributed by atoms with Crippen LogP contribution in [0, 0.1) is 0 Å². The molecule has 0 aliphatic rings. The first-order chi connectivity index (χ1) is 9.54. The molecule has 0 fully saturated rings. The van der Waals surface area contributed by atoms with Crippen LogP contribution in [-0.2, 0) is 0 Å². The highest BCUT2D eigenvalue weighted by Crippen LogP contribution is 2.32. The maximum Gasteiger partial charge on any atom is 0.260 e. The first-order valence-corrected chi connectivity index (χ1v) is 6.58. The molecule has 0 aliphatic heterocycles. The van der Waals surface area contributed by atoms with Gasteiger partial charge in [-0.2, -0.15) is 0 Å². The number of anilines is 2. The number of rotatable bonds is 4. The number of amides is 1. The summed E-state index contributed by atoms with van der Waals surface area (Å²) < 4.78 is 10.6. The highest BCUT2D eigenvalue weighted by Gasteiger charge is 2.18. The topological polar surface area (TPSA) is 67.6 Å². The molecule has 1 amide bonds. The summed E-state index contributed by atoms with van der Waals surface area (Å²) >= 11 is 3.18. The van der Waals surface area contributed by atoms with Crippen molar-refractivity contribution in [1.29, 1.82) is 0 Å². The minimum Gasteiger partial charge on any atom is -0.479 e. The quantitative estimate of drug-likeness (QED) is 0.927. The number of carbonyl (C=O) groups is 1. The highest BCUT2D eigenvalue weighted by atomic mass is 79.9. The molecule has 0 radical (unpaired) electrons. The molecule has 0 saturated heterocycles. The number of pyridine rings is 1. The van der Waals surface area contributed by atoms with E-state index < -0.39 is 0 Å². The van der Waals surface area contributed by atoms with E-state index in [0.29, 0.717) is 21.8 Å². The van der Waals surface area contributed by atoms with Crippen LogP contribution in [-0.4, -0.2) is 32.1 Å². The molecule has 0 bridgehead atoms. The largest absolute Gasteiger partial charge is 0.479 e. The van der Waals surface area contributed by atoms with E-state index in [1.165, 1.54) is 13.4 Å². The van der Waals surface area contributed by atoms with Crippen molar-refractivity contribution in [1.82, 2.24) is 4.98 Å². The molecule has 0 atom stereocenters. The Morgan fingerprint density at radius 1 is 1.45 bits per heavy atom. The van der Waals surface area contributed by atoms with Crippen molar-refractivity contribution >= 4 is 33.2 Å². The van der Waals surface area contributed by atoms with Crippen LogP contribution in [0.15, 0.2) is 33.7 Å². The highest BCUT2D eigenvalue weighted by molar-refractivity contribution is 9.10. The Bertz CT molecular complexity index is 625. The number of halogens is 1. The van der Waals surface area contributed by atoms with Crippen LogP contribution >= 0.6 is 15.9 Å². The molecule has 0 saturated carbocycles. The minimum absolute atomic E-state index is 0.306. The van der Waals surface area contributed by atoms with Gasteiger partial charge in [-0.3, -0.25) is 4.79 Å². The van der Waals surface area contributed by atoms with Gasteiger partial charge in [0.25, 0.3) is 5.91 Å². The lowest BCUT2D eigenvalue weighted by Gasteiger charge is -2.19. The van der Waals surface area contributed by atoms with Crippen molar-refractivity contribution in [3.05, 3.63) is 34.8 Å². The van der Waals surface area contributed by atoms with Gasteiger partial charge in [-0.15, -0.1) is 0 Å². The van der Waals surface area contributed by atoms with Crippen LogP contribution in [0.5, 0.6) is 5.88 Å². The number of ether oxygens (including phenoxy) is 1. The van der Waals surface area contributed by atoms with Gasteiger partial charge >= 0.3 is 0 Å². The van der Waals surface area contributed by atoms with E-state index in [-0.39, 0.29) is 5.91 Å². The zero-order valence-corrected chi connectivity index (χ0v) is 12.9. The smallest absolute Gasteiger partial charge is 0.260 e. The number of furan rings is 1. The van der Waals surface area contributed by atoms with Gasteiger partial charge in [0, 0.05) is 20.3 Å².